The fourth-order valence-corrected chi connectivity index (χ4v) is 2.52. The summed E-state index contributed by atoms with van der Waals surface area (Å²) in [5.74, 6) is 0.608. The molecular weight excluding hydrogens is 304 g/mol. The lowest BCUT2D eigenvalue weighted by molar-refractivity contribution is -0.188. The summed E-state index contributed by atoms with van der Waals surface area (Å²) >= 11 is 0. The van der Waals surface area contributed by atoms with Crippen molar-refractivity contribution < 1.29 is 24.6 Å². The molecule has 1 amide bonds. The molecule has 3 N–H and O–H groups in total. The summed E-state index contributed by atoms with van der Waals surface area (Å²) in [6.45, 7) is 2.60. The molecule has 1 aliphatic heterocycles. The van der Waals surface area contributed by atoms with Gasteiger partial charge in [0.25, 0.3) is 0 Å². The maximum absolute atomic E-state index is 10.7. The molecule has 1 aliphatic rings. The highest BCUT2D eigenvalue weighted by Crippen LogP contribution is 2.24. The van der Waals surface area contributed by atoms with E-state index >= 15 is 0 Å². The molecular formula is C14H22N4O5. The summed E-state index contributed by atoms with van der Waals surface area (Å²) in [6.07, 6.45) is 5.72. The third kappa shape index (κ3) is 4.93. The molecule has 0 aliphatic carbocycles. The lowest BCUT2D eigenvalue weighted by Crippen LogP contribution is -2.31. The molecule has 0 bridgehead atoms. The van der Waals surface area contributed by atoms with E-state index in [9.17, 15) is 4.79 Å². The second kappa shape index (κ2) is 8.49. The first-order valence-electron chi connectivity index (χ1n) is 7.56. The number of carboxylic acid groups (broad SMARTS) is 1. The molecule has 0 saturated carbocycles. The molecule has 0 spiro atoms. The Morgan fingerprint density at radius 2 is 2.52 bits per heavy atom. The lowest BCUT2D eigenvalue weighted by atomic mass is 10.2. The lowest BCUT2D eigenvalue weighted by Gasteiger charge is -2.27. The van der Waals surface area contributed by atoms with Gasteiger partial charge in [-0.15, -0.1) is 0 Å². The van der Waals surface area contributed by atoms with Gasteiger partial charge in [-0.1, -0.05) is 5.16 Å². The quantitative estimate of drug-likeness (QED) is 0.399. The zero-order valence-electron chi connectivity index (χ0n) is 13.0. The molecule has 0 aromatic carbocycles. The molecule has 1 unspecified atom stereocenters. The number of nitrogens with zero attached hydrogens (tertiary/aromatic N) is 3. The van der Waals surface area contributed by atoms with E-state index in [-0.39, 0.29) is 18.9 Å². The fourth-order valence-electron chi connectivity index (χ4n) is 2.52. The molecule has 23 heavy (non-hydrogen) atoms. The van der Waals surface area contributed by atoms with Crippen molar-refractivity contribution in [3.63, 3.8) is 0 Å². The van der Waals surface area contributed by atoms with Crippen molar-refractivity contribution >= 4 is 12.3 Å². The van der Waals surface area contributed by atoms with Gasteiger partial charge in [0.1, 0.15) is 11.9 Å². The highest BCUT2D eigenvalue weighted by atomic mass is 16.7. The minimum absolute atomic E-state index is 0.0510. The first-order valence-corrected chi connectivity index (χ1v) is 7.56. The van der Waals surface area contributed by atoms with Gasteiger partial charge in [-0.05, 0) is 26.2 Å². The van der Waals surface area contributed by atoms with E-state index in [1.165, 1.54) is 6.21 Å². The molecule has 128 valence electrons. The van der Waals surface area contributed by atoms with Crippen LogP contribution in [-0.2, 0) is 9.47 Å². The number of aromatic nitrogens is 2. The van der Waals surface area contributed by atoms with Crippen LogP contribution >= 0.6 is 0 Å². The van der Waals surface area contributed by atoms with Gasteiger partial charge >= 0.3 is 6.09 Å². The standard InChI is InChI=1S/C14H22N4O5/c1-10(23-12-4-2-3-7-22-12)13-15-5-6-18(13)11(9-17-21)8-16-14(19)20/h5-6,9-12,16,21H,2-4,7-8H2,1H3,(H,19,20)/b17-9+/t10-,11+,12?/m0/s1. The highest BCUT2D eigenvalue weighted by molar-refractivity contribution is 5.67. The van der Waals surface area contributed by atoms with Crippen molar-refractivity contribution in [1.29, 1.82) is 0 Å². The molecule has 2 rings (SSSR count). The smallest absolute Gasteiger partial charge is 0.404 e. The van der Waals surface area contributed by atoms with Crippen molar-refractivity contribution in [3.05, 3.63) is 18.2 Å². The largest absolute Gasteiger partial charge is 0.465 e. The molecule has 9 heteroatoms. The van der Waals surface area contributed by atoms with E-state index in [4.69, 9.17) is 19.8 Å². The molecule has 1 aromatic heterocycles. The van der Waals surface area contributed by atoms with Gasteiger partial charge in [-0.3, -0.25) is 0 Å². The Hall–Kier alpha value is -2.13. The minimum atomic E-state index is -1.15. The van der Waals surface area contributed by atoms with Crippen LogP contribution in [0.2, 0.25) is 0 Å². The van der Waals surface area contributed by atoms with Crippen LogP contribution in [-0.4, -0.2) is 51.6 Å². The Bertz CT molecular complexity index is 527. The third-order valence-electron chi connectivity index (χ3n) is 3.61. The van der Waals surface area contributed by atoms with Crippen LogP contribution in [0.4, 0.5) is 4.79 Å². The fraction of sp³-hybridized carbons (Fsp3) is 0.643. The minimum Gasteiger partial charge on any atom is -0.465 e. The van der Waals surface area contributed by atoms with Gasteiger partial charge in [0, 0.05) is 25.5 Å². The molecule has 1 aromatic rings. The van der Waals surface area contributed by atoms with Crippen molar-refractivity contribution in [1.82, 2.24) is 14.9 Å². The third-order valence-corrected chi connectivity index (χ3v) is 3.61. The number of rotatable bonds is 7. The summed E-state index contributed by atoms with van der Waals surface area (Å²) in [6, 6.07) is -0.507. The average molecular weight is 326 g/mol. The van der Waals surface area contributed by atoms with Gasteiger partial charge in [-0.2, -0.15) is 0 Å². The van der Waals surface area contributed by atoms with Crippen molar-refractivity contribution in [2.24, 2.45) is 5.16 Å². The maximum Gasteiger partial charge on any atom is 0.404 e. The number of hydrogen-bond donors (Lipinski definition) is 3. The second-order valence-electron chi connectivity index (χ2n) is 5.29. The second-order valence-corrected chi connectivity index (χ2v) is 5.29. The van der Waals surface area contributed by atoms with E-state index in [1.54, 1.807) is 17.0 Å². The average Bonchev–Trinajstić information content (AvgIpc) is 3.01. The van der Waals surface area contributed by atoms with E-state index in [0.717, 1.165) is 19.3 Å². The summed E-state index contributed by atoms with van der Waals surface area (Å²) < 4.78 is 13.2. The number of carbonyl (C=O) groups is 1. The molecule has 0 radical (unpaired) electrons. The molecule has 9 nitrogen and oxygen atoms in total. The number of amides is 1. The van der Waals surface area contributed by atoms with Gasteiger partial charge in [-0.25, -0.2) is 9.78 Å². The number of hydrogen-bond acceptors (Lipinski definition) is 6. The highest BCUT2D eigenvalue weighted by Gasteiger charge is 2.23. The van der Waals surface area contributed by atoms with Crippen LogP contribution in [0.15, 0.2) is 17.5 Å². The van der Waals surface area contributed by atoms with Crippen LogP contribution in [0.1, 0.15) is 44.2 Å². The van der Waals surface area contributed by atoms with Crippen LogP contribution in [0.5, 0.6) is 0 Å². The monoisotopic (exact) mass is 326 g/mol. The van der Waals surface area contributed by atoms with Crippen molar-refractivity contribution in [3.8, 4) is 0 Å². The van der Waals surface area contributed by atoms with Crippen molar-refractivity contribution in [2.45, 2.75) is 44.6 Å². The van der Waals surface area contributed by atoms with E-state index in [2.05, 4.69) is 15.5 Å². The molecule has 2 heterocycles. The molecule has 1 fully saturated rings. The summed E-state index contributed by atoms with van der Waals surface area (Å²) in [4.78, 5) is 15.0. The van der Waals surface area contributed by atoms with E-state index in [0.29, 0.717) is 12.4 Å². The van der Waals surface area contributed by atoms with Crippen molar-refractivity contribution in [2.75, 3.05) is 13.2 Å². The van der Waals surface area contributed by atoms with Crippen LogP contribution in [0.3, 0.4) is 0 Å². The zero-order chi connectivity index (χ0) is 16.7. The van der Waals surface area contributed by atoms with Gasteiger partial charge in [0.05, 0.1) is 12.3 Å². The predicted molar refractivity (Wildman–Crippen MR) is 80.7 cm³/mol. The summed E-state index contributed by atoms with van der Waals surface area (Å²) in [5.41, 5.74) is 0. The number of oxime groups is 1. The Kier molecular flexibility index (Phi) is 6.36. The topological polar surface area (TPSA) is 118 Å². The Balaban J connectivity index is 2.07. The van der Waals surface area contributed by atoms with Crippen LogP contribution < -0.4 is 5.32 Å². The molecule has 3 atom stereocenters. The van der Waals surface area contributed by atoms with Gasteiger partial charge in [0.2, 0.25) is 0 Å². The Morgan fingerprint density at radius 3 is 3.17 bits per heavy atom. The van der Waals surface area contributed by atoms with Crippen LogP contribution in [0.25, 0.3) is 0 Å². The number of nitrogens with one attached hydrogen (secondary N) is 1. The number of ether oxygens (including phenoxy) is 2. The maximum atomic E-state index is 10.7. The van der Waals surface area contributed by atoms with Crippen LogP contribution in [0, 0.1) is 0 Å². The SMILES string of the molecule is C[C@H](OC1CCCCO1)c1nccn1[C@@H](/C=N/O)CNC(=O)O. The first-order chi connectivity index (χ1) is 11.1. The van der Waals surface area contributed by atoms with Gasteiger partial charge < -0.3 is 29.7 Å². The Labute approximate surface area is 133 Å². The molecule has 1 saturated heterocycles. The zero-order valence-corrected chi connectivity index (χ0v) is 13.0. The normalized spacial score (nSPS) is 21.2. The number of imidazole rings is 1. The summed E-state index contributed by atoms with van der Waals surface area (Å²) in [5, 5.41) is 22.8. The van der Waals surface area contributed by atoms with E-state index < -0.39 is 12.1 Å². The summed E-state index contributed by atoms with van der Waals surface area (Å²) in [7, 11) is 0. The Morgan fingerprint density at radius 1 is 1.70 bits per heavy atom. The van der Waals surface area contributed by atoms with E-state index in [1.807, 2.05) is 6.92 Å². The van der Waals surface area contributed by atoms with Gasteiger partial charge in [0.15, 0.2) is 6.29 Å². The predicted octanol–water partition coefficient (Wildman–Crippen LogP) is 1.76. The first kappa shape index (κ1) is 17.2.